The lowest BCUT2D eigenvalue weighted by molar-refractivity contribution is -0.138. The van der Waals surface area contributed by atoms with Crippen LogP contribution in [-0.2, 0) is 19.6 Å². The first-order valence-electron chi connectivity index (χ1n) is 5.22. The summed E-state index contributed by atoms with van der Waals surface area (Å²) in [6.45, 7) is -0.0868. The molecule has 100 valence electrons. The lowest BCUT2D eigenvalue weighted by Gasteiger charge is -2.15. The highest BCUT2D eigenvalue weighted by atomic mass is 32.2. The van der Waals surface area contributed by atoms with Gasteiger partial charge in [-0.05, 0) is 12.1 Å². The lowest BCUT2D eigenvalue weighted by Crippen LogP contribution is -2.24. The smallest absolute Gasteiger partial charge is 0.325 e. The van der Waals surface area contributed by atoms with E-state index in [0.717, 1.165) is 4.31 Å². The summed E-state index contributed by atoms with van der Waals surface area (Å²) < 4.78 is 29.7. The predicted octanol–water partition coefficient (Wildman–Crippen LogP) is 0.522. The number of esters is 1. The van der Waals surface area contributed by atoms with Crippen molar-refractivity contribution < 1.29 is 17.9 Å². The number of nitrogens with zero attached hydrogens (tertiary/aromatic N) is 1. The number of rotatable bonds is 5. The average Bonchev–Trinajstić information content (AvgIpc) is 2.35. The van der Waals surface area contributed by atoms with E-state index in [4.69, 9.17) is 0 Å². The minimum absolute atomic E-state index is 0.0868. The molecule has 0 spiro atoms. The molecule has 1 N–H and O–H groups in total. The predicted molar refractivity (Wildman–Crippen MR) is 67.8 cm³/mol. The van der Waals surface area contributed by atoms with E-state index in [-0.39, 0.29) is 11.4 Å². The van der Waals surface area contributed by atoms with E-state index >= 15 is 0 Å². The van der Waals surface area contributed by atoms with E-state index in [1.807, 2.05) is 0 Å². The van der Waals surface area contributed by atoms with E-state index in [9.17, 15) is 13.2 Å². The Morgan fingerprint density at radius 2 is 1.94 bits per heavy atom. The van der Waals surface area contributed by atoms with E-state index in [1.54, 1.807) is 18.2 Å². The van der Waals surface area contributed by atoms with Gasteiger partial charge < -0.3 is 10.1 Å². The molecule has 0 saturated carbocycles. The minimum atomic E-state index is -3.54. The van der Waals surface area contributed by atoms with Gasteiger partial charge in [0.2, 0.25) is 10.0 Å². The van der Waals surface area contributed by atoms with Crippen LogP contribution in [0.3, 0.4) is 0 Å². The zero-order valence-electron chi connectivity index (χ0n) is 10.5. The normalized spacial score (nSPS) is 11.3. The first kappa shape index (κ1) is 14.5. The van der Waals surface area contributed by atoms with Crippen LogP contribution in [0.2, 0.25) is 0 Å². The van der Waals surface area contributed by atoms with Crippen LogP contribution >= 0.6 is 0 Å². The summed E-state index contributed by atoms with van der Waals surface area (Å²) in [6.07, 6.45) is 0. The van der Waals surface area contributed by atoms with Gasteiger partial charge in [0.1, 0.15) is 11.4 Å². The summed E-state index contributed by atoms with van der Waals surface area (Å²) >= 11 is 0. The molecule has 0 saturated heterocycles. The van der Waals surface area contributed by atoms with E-state index < -0.39 is 16.0 Å². The summed E-state index contributed by atoms with van der Waals surface area (Å²) in [5, 5.41) is 2.74. The first-order valence-corrected chi connectivity index (χ1v) is 6.66. The van der Waals surface area contributed by atoms with Gasteiger partial charge in [0.05, 0.1) is 12.8 Å². The highest BCUT2D eigenvalue weighted by molar-refractivity contribution is 7.89. The fraction of sp³-hybridized carbons (Fsp3) is 0.364. The molecule has 0 fully saturated rings. The summed E-state index contributed by atoms with van der Waals surface area (Å²) in [7, 11) is 0.628. The van der Waals surface area contributed by atoms with E-state index in [1.165, 1.54) is 27.3 Å². The van der Waals surface area contributed by atoms with Crippen LogP contribution < -0.4 is 5.32 Å². The van der Waals surface area contributed by atoms with Crippen molar-refractivity contribution in [3.63, 3.8) is 0 Å². The second-order valence-corrected chi connectivity index (χ2v) is 5.83. The molecule has 0 heterocycles. The maximum absolute atomic E-state index is 12.0. The maximum atomic E-state index is 12.0. The van der Waals surface area contributed by atoms with Gasteiger partial charge >= 0.3 is 5.97 Å². The quantitative estimate of drug-likeness (QED) is 0.791. The van der Waals surface area contributed by atoms with Crippen molar-refractivity contribution in [2.24, 2.45) is 0 Å². The van der Waals surface area contributed by atoms with Gasteiger partial charge in [-0.25, -0.2) is 12.7 Å². The molecular formula is C11H16N2O4S. The van der Waals surface area contributed by atoms with Gasteiger partial charge in [-0.1, -0.05) is 12.1 Å². The minimum Gasteiger partial charge on any atom is -0.468 e. The van der Waals surface area contributed by atoms with Crippen molar-refractivity contribution in [1.82, 2.24) is 4.31 Å². The fourth-order valence-electron chi connectivity index (χ4n) is 1.27. The second-order valence-electron chi connectivity index (χ2n) is 3.71. The standard InChI is InChI=1S/C11H16N2O4S/c1-13(2)18(15,16)10-7-5-4-6-9(10)12-8-11(14)17-3/h4-7,12H,8H2,1-3H3. The summed E-state index contributed by atoms with van der Waals surface area (Å²) in [4.78, 5) is 11.2. The number of nitrogens with one attached hydrogen (secondary N) is 1. The van der Waals surface area contributed by atoms with E-state index in [0.29, 0.717) is 5.69 Å². The van der Waals surface area contributed by atoms with Crippen LogP contribution in [0.5, 0.6) is 0 Å². The van der Waals surface area contributed by atoms with Crippen LogP contribution in [0.25, 0.3) is 0 Å². The number of carbonyl (C=O) groups excluding carboxylic acids is 1. The summed E-state index contributed by atoms with van der Waals surface area (Å²) in [5.41, 5.74) is 0.372. The van der Waals surface area contributed by atoms with Gasteiger partial charge in [-0.2, -0.15) is 0 Å². The first-order chi connectivity index (χ1) is 8.39. The Labute approximate surface area is 107 Å². The van der Waals surface area contributed by atoms with Crippen molar-refractivity contribution in [2.45, 2.75) is 4.90 Å². The Morgan fingerprint density at radius 1 is 1.33 bits per heavy atom. The Balaban J connectivity index is 3.04. The monoisotopic (exact) mass is 272 g/mol. The fourth-order valence-corrected chi connectivity index (χ4v) is 2.34. The molecular weight excluding hydrogens is 256 g/mol. The highest BCUT2D eigenvalue weighted by Crippen LogP contribution is 2.22. The zero-order valence-corrected chi connectivity index (χ0v) is 11.3. The van der Waals surface area contributed by atoms with Crippen molar-refractivity contribution in [3.05, 3.63) is 24.3 Å². The molecule has 0 aliphatic heterocycles. The largest absolute Gasteiger partial charge is 0.468 e. The van der Waals surface area contributed by atoms with Gasteiger partial charge in [0.25, 0.3) is 0 Å². The second kappa shape index (κ2) is 5.83. The topological polar surface area (TPSA) is 75.7 Å². The van der Waals surface area contributed by atoms with Crippen LogP contribution in [0.15, 0.2) is 29.2 Å². The van der Waals surface area contributed by atoms with Crippen LogP contribution in [0.4, 0.5) is 5.69 Å². The molecule has 0 amide bonds. The van der Waals surface area contributed by atoms with Crippen LogP contribution in [0.1, 0.15) is 0 Å². The SMILES string of the molecule is COC(=O)CNc1ccccc1S(=O)(=O)N(C)C. The molecule has 18 heavy (non-hydrogen) atoms. The molecule has 7 heteroatoms. The number of hydrogen-bond donors (Lipinski definition) is 1. The molecule has 1 aromatic rings. The highest BCUT2D eigenvalue weighted by Gasteiger charge is 2.20. The third-order valence-corrected chi connectivity index (χ3v) is 4.17. The molecule has 0 aliphatic rings. The number of sulfonamides is 1. The van der Waals surface area contributed by atoms with Crippen molar-refractivity contribution in [1.29, 1.82) is 0 Å². The summed E-state index contributed by atoms with van der Waals surface area (Å²) in [5.74, 6) is -0.466. The third-order valence-electron chi connectivity index (χ3n) is 2.30. The number of para-hydroxylation sites is 1. The molecule has 0 unspecified atom stereocenters. The average molecular weight is 272 g/mol. The Kier molecular flexibility index (Phi) is 4.69. The molecule has 1 rings (SSSR count). The van der Waals surface area contributed by atoms with Crippen LogP contribution in [0, 0.1) is 0 Å². The van der Waals surface area contributed by atoms with E-state index in [2.05, 4.69) is 10.1 Å². The molecule has 0 radical (unpaired) electrons. The van der Waals surface area contributed by atoms with Crippen molar-refractivity contribution in [2.75, 3.05) is 33.1 Å². The number of ether oxygens (including phenoxy) is 1. The molecule has 0 aliphatic carbocycles. The number of methoxy groups -OCH3 is 1. The van der Waals surface area contributed by atoms with Gasteiger partial charge in [-0.15, -0.1) is 0 Å². The Morgan fingerprint density at radius 3 is 2.50 bits per heavy atom. The number of anilines is 1. The number of carbonyl (C=O) groups is 1. The van der Waals surface area contributed by atoms with Gasteiger partial charge in [0, 0.05) is 14.1 Å². The molecule has 6 nitrogen and oxygen atoms in total. The molecule has 0 atom stereocenters. The van der Waals surface area contributed by atoms with Gasteiger partial charge in [-0.3, -0.25) is 4.79 Å². The van der Waals surface area contributed by atoms with Crippen molar-refractivity contribution in [3.8, 4) is 0 Å². The Hall–Kier alpha value is -1.60. The molecule has 1 aromatic carbocycles. The Bertz CT molecular complexity index is 526. The van der Waals surface area contributed by atoms with Gasteiger partial charge in [0.15, 0.2) is 0 Å². The number of benzene rings is 1. The maximum Gasteiger partial charge on any atom is 0.325 e. The zero-order chi connectivity index (χ0) is 13.8. The third kappa shape index (κ3) is 3.21. The molecule has 0 aromatic heterocycles. The van der Waals surface area contributed by atoms with Crippen molar-refractivity contribution >= 4 is 21.7 Å². The molecule has 0 bridgehead atoms. The van der Waals surface area contributed by atoms with Crippen LogP contribution in [-0.4, -0.2) is 46.4 Å². The summed E-state index contributed by atoms with van der Waals surface area (Å²) in [6, 6.07) is 6.39. The number of hydrogen-bond acceptors (Lipinski definition) is 5. The lowest BCUT2D eigenvalue weighted by atomic mass is 10.3.